The zero-order chi connectivity index (χ0) is 14.5. The number of ether oxygens (including phenoxy) is 2. The number of rotatable bonds is 6. The smallest absolute Gasteiger partial charge is 0.269 e. The van der Waals surface area contributed by atoms with E-state index in [1.165, 1.54) is 6.20 Å². The van der Waals surface area contributed by atoms with E-state index < -0.39 is 0 Å². The van der Waals surface area contributed by atoms with Crippen molar-refractivity contribution in [3.8, 4) is 11.5 Å². The van der Waals surface area contributed by atoms with E-state index in [-0.39, 0.29) is 5.56 Å². The summed E-state index contributed by atoms with van der Waals surface area (Å²) in [7, 11) is 3.14. The van der Waals surface area contributed by atoms with Crippen molar-refractivity contribution in [2.24, 2.45) is 0 Å². The molecule has 0 aliphatic rings. The quantitative estimate of drug-likeness (QED) is 0.599. The number of hydrogen-bond acceptors (Lipinski definition) is 4. The molecule has 1 heterocycles. The van der Waals surface area contributed by atoms with Gasteiger partial charge in [-0.15, -0.1) is 6.58 Å². The lowest BCUT2D eigenvalue weighted by atomic mass is 10.2. The summed E-state index contributed by atoms with van der Waals surface area (Å²) in [5, 5.41) is 0. The maximum atomic E-state index is 12.0. The highest BCUT2D eigenvalue weighted by Gasteiger charge is 2.10. The monoisotopic (exact) mass is 274 g/mol. The second-order valence-electron chi connectivity index (χ2n) is 4.37. The molecule has 5 heteroatoms. The normalized spacial score (nSPS) is 10.5. The number of allylic oxidation sites excluding steroid dienone is 1. The van der Waals surface area contributed by atoms with E-state index in [1.807, 2.05) is 6.08 Å². The van der Waals surface area contributed by atoms with Gasteiger partial charge in [0.15, 0.2) is 11.5 Å². The number of nitrogens with zero attached hydrogens (tertiary/aromatic N) is 2. The van der Waals surface area contributed by atoms with E-state index >= 15 is 0 Å². The van der Waals surface area contributed by atoms with Gasteiger partial charge in [0.2, 0.25) is 0 Å². The minimum Gasteiger partial charge on any atom is -0.493 e. The largest absolute Gasteiger partial charge is 0.493 e. The van der Waals surface area contributed by atoms with Gasteiger partial charge in [-0.3, -0.25) is 4.79 Å². The number of methoxy groups -OCH3 is 2. The average molecular weight is 274 g/mol. The fourth-order valence-corrected chi connectivity index (χ4v) is 2.11. The van der Waals surface area contributed by atoms with Crippen LogP contribution in [0.5, 0.6) is 11.5 Å². The fraction of sp³-hybridized carbons (Fsp3) is 0.333. The van der Waals surface area contributed by atoms with Crippen LogP contribution in [0.2, 0.25) is 0 Å². The lowest BCUT2D eigenvalue weighted by Crippen LogP contribution is -2.20. The summed E-state index contributed by atoms with van der Waals surface area (Å²) in [5.41, 5.74) is 1.34. The molecule has 0 spiro atoms. The number of benzene rings is 1. The van der Waals surface area contributed by atoms with Gasteiger partial charge in [-0.2, -0.15) is 0 Å². The Morgan fingerprint density at radius 1 is 1.30 bits per heavy atom. The van der Waals surface area contributed by atoms with Crippen molar-refractivity contribution in [2.45, 2.75) is 19.4 Å². The third-order valence-electron chi connectivity index (χ3n) is 3.14. The molecule has 0 atom stereocenters. The van der Waals surface area contributed by atoms with Crippen LogP contribution in [0, 0.1) is 0 Å². The SMILES string of the molecule is C=CCCCn1c(=O)cnc2cc(OC)c(OC)cc21. The molecular formula is C15H18N2O3. The lowest BCUT2D eigenvalue weighted by Gasteiger charge is -2.12. The van der Waals surface area contributed by atoms with Crippen molar-refractivity contribution >= 4 is 11.0 Å². The zero-order valence-corrected chi connectivity index (χ0v) is 11.8. The van der Waals surface area contributed by atoms with Crippen molar-refractivity contribution in [1.29, 1.82) is 0 Å². The second kappa shape index (κ2) is 6.23. The highest BCUT2D eigenvalue weighted by atomic mass is 16.5. The van der Waals surface area contributed by atoms with Crippen LogP contribution in [0.25, 0.3) is 11.0 Å². The summed E-state index contributed by atoms with van der Waals surface area (Å²) in [6.45, 7) is 4.31. The molecule has 0 saturated carbocycles. The number of fused-ring (bicyclic) bond motifs is 1. The Labute approximate surface area is 117 Å². The predicted molar refractivity (Wildman–Crippen MR) is 78.5 cm³/mol. The molecule has 0 radical (unpaired) electrons. The molecule has 0 unspecified atom stereocenters. The van der Waals surface area contributed by atoms with E-state index in [0.717, 1.165) is 18.4 Å². The highest BCUT2D eigenvalue weighted by Crippen LogP contribution is 2.30. The van der Waals surface area contributed by atoms with Crippen molar-refractivity contribution in [2.75, 3.05) is 14.2 Å². The summed E-state index contributed by atoms with van der Waals surface area (Å²) in [6.07, 6.45) is 4.90. The van der Waals surface area contributed by atoms with Crippen LogP contribution < -0.4 is 15.0 Å². The molecule has 106 valence electrons. The third kappa shape index (κ3) is 2.66. The Kier molecular flexibility index (Phi) is 4.40. The first-order valence-corrected chi connectivity index (χ1v) is 6.43. The maximum absolute atomic E-state index is 12.0. The average Bonchev–Trinajstić information content (AvgIpc) is 2.48. The molecule has 1 aromatic heterocycles. The Bertz CT molecular complexity index is 677. The van der Waals surface area contributed by atoms with E-state index in [4.69, 9.17) is 9.47 Å². The molecular weight excluding hydrogens is 256 g/mol. The van der Waals surface area contributed by atoms with E-state index in [2.05, 4.69) is 11.6 Å². The molecule has 0 bridgehead atoms. The van der Waals surface area contributed by atoms with Crippen LogP contribution in [-0.2, 0) is 6.54 Å². The summed E-state index contributed by atoms with van der Waals surface area (Å²) in [6, 6.07) is 3.56. The topological polar surface area (TPSA) is 53.4 Å². The molecule has 1 aromatic carbocycles. The van der Waals surface area contributed by atoms with Crippen molar-refractivity contribution in [3.63, 3.8) is 0 Å². The Balaban J connectivity index is 2.57. The number of hydrogen-bond donors (Lipinski definition) is 0. The third-order valence-corrected chi connectivity index (χ3v) is 3.14. The number of aromatic nitrogens is 2. The molecule has 5 nitrogen and oxygen atoms in total. The van der Waals surface area contributed by atoms with Gasteiger partial charge in [0.05, 0.1) is 31.4 Å². The first-order chi connectivity index (χ1) is 9.71. The Hall–Kier alpha value is -2.30. The molecule has 20 heavy (non-hydrogen) atoms. The van der Waals surface area contributed by atoms with Crippen LogP contribution in [0.4, 0.5) is 0 Å². The standard InChI is InChI=1S/C15H18N2O3/c1-4-5-6-7-17-12-9-14(20-3)13(19-2)8-11(12)16-10-15(17)18/h4,8-10H,1,5-7H2,2-3H3. The minimum atomic E-state index is -0.117. The van der Waals surface area contributed by atoms with Crippen LogP contribution >= 0.6 is 0 Å². The summed E-state index contributed by atoms with van der Waals surface area (Å²) < 4.78 is 12.2. The van der Waals surface area contributed by atoms with Gasteiger partial charge >= 0.3 is 0 Å². The fourth-order valence-electron chi connectivity index (χ4n) is 2.11. The number of aryl methyl sites for hydroxylation is 1. The second-order valence-corrected chi connectivity index (χ2v) is 4.37. The Morgan fingerprint density at radius 3 is 2.65 bits per heavy atom. The van der Waals surface area contributed by atoms with Gasteiger partial charge in [0.1, 0.15) is 0 Å². The summed E-state index contributed by atoms with van der Waals surface area (Å²) in [4.78, 5) is 16.1. The van der Waals surface area contributed by atoms with Crippen molar-refractivity contribution in [3.05, 3.63) is 41.3 Å². The maximum Gasteiger partial charge on any atom is 0.269 e. The van der Waals surface area contributed by atoms with Gasteiger partial charge in [0, 0.05) is 18.7 Å². The molecule has 0 saturated heterocycles. The number of unbranched alkanes of at least 4 members (excludes halogenated alkanes) is 1. The molecule has 0 aliphatic heterocycles. The van der Waals surface area contributed by atoms with E-state index in [9.17, 15) is 4.79 Å². The van der Waals surface area contributed by atoms with Gasteiger partial charge in [-0.05, 0) is 12.8 Å². The molecule has 2 rings (SSSR count). The van der Waals surface area contributed by atoms with E-state index in [0.29, 0.717) is 23.6 Å². The molecule has 0 amide bonds. The summed E-state index contributed by atoms with van der Waals surface area (Å²) in [5.74, 6) is 1.19. The molecule has 2 aromatic rings. The lowest BCUT2D eigenvalue weighted by molar-refractivity contribution is 0.355. The molecule has 0 fully saturated rings. The van der Waals surface area contributed by atoms with Crippen LogP contribution in [0.3, 0.4) is 0 Å². The predicted octanol–water partition coefficient (Wildman–Crippen LogP) is 2.38. The van der Waals surface area contributed by atoms with Gasteiger partial charge in [-0.1, -0.05) is 6.08 Å². The zero-order valence-electron chi connectivity index (χ0n) is 11.8. The van der Waals surface area contributed by atoms with Gasteiger partial charge in [0.25, 0.3) is 5.56 Å². The van der Waals surface area contributed by atoms with Crippen molar-refractivity contribution in [1.82, 2.24) is 9.55 Å². The van der Waals surface area contributed by atoms with Gasteiger partial charge < -0.3 is 14.0 Å². The molecule has 0 N–H and O–H groups in total. The van der Waals surface area contributed by atoms with Crippen LogP contribution in [-0.4, -0.2) is 23.8 Å². The van der Waals surface area contributed by atoms with Crippen LogP contribution in [0.15, 0.2) is 35.8 Å². The first kappa shape index (κ1) is 14.1. The van der Waals surface area contributed by atoms with Gasteiger partial charge in [-0.25, -0.2) is 4.98 Å². The van der Waals surface area contributed by atoms with Crippen molar-refractivity contribution < 1.29 is 9.47 Å². The highest BCUT2D eigenvalue weighted by molar-refractivity contribution is 5.79. The summed E-state index contributed by atoms with van der Waals surface area (Å²) >= 11 is 0. The Morgan fingerprint density at radius 2 is 2.00 bits per heavy atom. The van der Waals surface area contributed by atoms with E-state index in [1.54, 1.807) is 30.9 Å². The molecule has 0 aliphatic carbocycles. The first-order valence-electron chi connectivity index (χ1n) is 6.43. The van der Waals surface area contributed by atoms with Crippen LogP contribution in [0.1, 0.15) is 12.8 Å². The minimum absolute atomic E-state index is 0.117.